The minimum atomic E-state index is -0.468. The first-order chi connectivity index (χ1) is 11.6. The van der Waals surface area contributed by atoms with Crippen molar-refractivity contribution < 1.29 is 14.1 Å². The van der Waals surface area contributed by atoms with Crippen molar-refractivity contribution in [1.29, 1.82) is 0 Å². The van der Waals surface area contributed by atoms with Crippen molar-refractivity contribution >= 4 is 11.6 Å². The Morgan fingerprint density at radius 3 is 2.46 bits per heavy atom. The molecule has 0 bridgehead atoms. The Balaban J connectivity index is 1.68. The highest BCUT2D eigenvalue weighted by molar-refractivity contribution is 5.92. The molecule has 1 aromatic carbocycles. The van der Waals surface area contributed by atoms with Gasteiger partial charge in [0.15, 0.2) is 5.76 Å². The summed E-state index contributed by atoms with van der Waals surface area (Å²) in [6.07, 6.45) is 3.31. The molecule has 7 nitrogen and oxygen atoms in total. The van der Waals surface area contributed by atoms with E-state index >= 15 is 0 Å². The first-order valence-corrected chi connectivity index (χ1v) is 7.15. The molecule has 2 aromatic heterocycles. The van der Waals surface area contributed by atoms with Gasteiger partial charge in [0, 0.05) is 36.6 Å². The summed E-state index contributed by atoms with van der Waals surface area (Å²) in [4.78, 5) is 26.2. The predicted molar refractivity (Wildman–Crippen MR) is 86.2 cm³/mol. The molecule has 0 unspecified atom stereocenters. The van der Waals surface area contributed by atoms with Gasteiger partial charge < -0.3 is 9.73 Å². The lowest BCUT2D eigenvalue weighted by atomic mass is 10.1. The first-order valence-electron chi connectivity index (χ1n) is 7.15. The van der Waals surface area contributed by atoms with Crippen molar-refractivity contribution in [1.82, 2.24) is 10.3 Å². The number of pyridine rings is 1. The molecule has 120 valence electrons. The second kappa shape index (κ2) is 6.74. The number of carbonyl (C=O) groups excluding carboxylic acids is 1. The highest BCUT2D eigenvalue weighted by Gasteiger charge is 2.13. The summed E-state index contributed by atoms with van der Waals surface area (Å²) in [5.74, 6) is 0.316. The standard InChI is InChI=1S/C17H13N3O4/c21-17(19-11-12-7-9-18-10-8-12)16-6-5-15(24-16)13-1-3-14(4-2-13)20(22)23/h1-10H,11H2,(H,19,21). The maximum atomic E-state index is 12.1. The molecule has 0 spiro atoms. The van der Waals surface area contributed by atoms with Crippen molar-refractivity contribution in [3.63, 3.8) is 0 Å². The summed E-state index contributed by atoms with van der Waals surface area (Å²) in [5, 5.41) is 13.4. The molecule has 3 rings (SSSR count). The molecule has 2 heterocycles. The quantitative estimate of drug-likeness (QED) is 0.574. The second-order valence-electron chi connectivity index (χ2n) is 5.01. The zero-order valence-electron chi connectivity index (χ0n) is 12.5. The minimum Gasteiger partial charge on any atom is -0.451 e. The van der Waals surface area contributed by atoms with Crippen LogP contribution in [0.15, 0.2) is 65.3 Å². The summed E-state index contributed by atoms with van der Waals surface area (Å²) in [7, 11) is 0. The number of amides is 1. The number of carbonyl (C=O) groups is 1. The van der Waals surface area contributed by atoms with Crippen LogP contribution < -0.4 is 5.32 Å². The molecule has 1 N–H and O–H groups in total. The maximum absolute atomic E-state index is 12.1. The number of non-ortho nitro benzene ring substituents is 1. The van der Waals surface area contributed by atoms with Crippen LogP contribution in [0.5, 0.6) is 0 Å². The van der Waals surface area contributed by atoms with Gasteiger partial charge in [0.25, 0.3) is 11.6 Å². The molecule has 0 atom stereocenters. The Hall–Kier alpha value is -3.48. The van der Waals surface area contributed by atoms with Crippen LogP contribution in [-0.4, -0.2) is 15.8 Å². The van der Waals surface area contributed by atoms with Gasteiger partial charge in [0.2, 0.25) is 0 Å². The van der Waals surface area contributed by atoms with Crippen LogP contribution >= 0.6 is 0 Å². The third-order valence-electron chi connectivity index (χ3n) is 3.39. The summed E-state index contributed by atoms with van der Waals surface area (Å²) in [5.41, 5.74) is 1.59. The van der Waals surface area contributed by atoms with E-state index < -0.39 is 4.92 Å². The molecule has 0 aliphatic carbocycles. The van der Waals surface area contributed by atoms with Gasteiger partial charge in [-0.2, -0.15) is 0 Å². The molecular formula is C17H13N3O4. The topological polar surface area (TPSA) is 98.3 Å². The molecule has 0 aliphatic rings. The minimum absolute atomic E-state index is 0.000577. The Morgan fingerprint density at radius 1 is 1.08 bits per heavy atom. The van der Waals surface area contributed by atoms with Crippen molar-refractivity contribution in [2.75, 3.05) is 0 Å². The molecule has 3 aromatic rings. The van der Waals surface area contributed by atoms with Crippen LogP contribution in [0.4, 0.5) is 5.69 Å². The summed E-state index contributed by atoms with van der Waals surface area (Å²) >= 11 is 0. The second-order valence-corrected chi connectivity index (χ2v) is 5.01. The van der Waals surface area contributed by atoms with E-state index in [-0.39, 0.29) is 17.4 Å². The predicted octanol–water partition coefficient (Wildman–Crippen LogP) is 3.18. The Kier molecular flexibility index (Phi) is 4.33. The lowest BCUT2D eigenvalue weighted by Gasteiger charge is -2.03. The third kappa shape index (κ3) is 3.46. The van der Waals surface area contributed by atoms with E-state index in [1.165, 1.54) is 12.1 Å². The van der Waals surface area contributed by atoms with E-state index in [0.29, 0.717) is 17.9 Å². The SMILES string of the molecule is O=C(NCc1ccncc1)c1ccc(-c2ccc([N+](=O)[O-])cc2)o1. The zero-order chi connectivity index (χ0) is 16.9. The average Bonchev–Trinajstić information content (AvgIpc) is 3.11. The van der Waals surface area contributed by atoms with E-state index in [4.69, 9.17) is 4.42 Å². The van der Waals surface area contributed by atoms with Crippen LogP contribution in [0.2, 0.25) is 0 Å². The summed E-state index contributed by atoms with van der Waals surface area (Å²) in [6.45, 7) is 0.370. The van der Waals surface area contributed by atoms with Gasteiger partial charge in [-0.15, -0.1) is 0 Å². The molecule has 1 amide bonds. The van der Waals surface area contributed by atoms with E-state index in [0.717, 1.165) is 5.56 Å². The smallest absolute Gasteiger partial charge is 0.287 e. The number of hydrogen-bond donors (Lipinski definition) is 1. The van der Waals surface area contributed by atoms with E-state index in [1.807, 2.05) is 12.1 Å². The van der Waals surface area contributed by atoms with E-state index in [9.17, 15) is 14.9 Å². The average molecular weight is 323 g/mol. The Morgan fingerprint density at radius 2 is 1.79 bits per heavy atom. The molecular weight excluding hydrogens is 310 g/mol. The maximum Gasteiger partial charge on any atom is 0.287 e. The zero-order valence-corrected chi connectivity index (χ0v) is 12.5. The molecule has 24 heavy (non-hydrogen) atoms. The van der Waals surface area contributed by atoms with Crippen molar-refractivity contribution in [3.8, 4) is 11.3 Å². The number of aromatic nitrogens is 1. The van der Waals surface area contributed by atoms with Gasteiger partial charge in [0.1, 0.15) is 5.76 Å². The molecule has 0 aliphatic heterocycles. The molecule has 0 saturated heterocycles. The number of furan rings is 1. The number of benzene rings is 1. The van der Waals surface area contributed by atoms with Crippen molar-refractivity contribution in [3.05, 3.63) is 82.4 Å². The van der Waals surface area contributed by atoms with Gasteiger partial charge in [-0.05, 0) is 42.0 Å². The van der Waals surface area contributed by atoms with Gasteiger partial charge in [-0.3, -0.25) is 19.9 Å². The first kappa shape index (κ1) is 15.4. The number of nitro groups is 1. The fourth-order valence-corrected chi connectivity index (χ4v) is 2.13. The lowest BCUT2D eigenvalue weighted by molar-refractivity contribution is -0.384. The van der Waals surface area contributed by atoms with E-state index in [2.05, 4.69) is 10.3 Å². The number of rotatable bonds is 5. The molecule has 7 heteroatoms. The van der Waals surface area contributed by atoms with Crippen molar-refractivity contribution in [2.24, 2.45) is 0 Å². The van der Waals surface area contributed by atoms with Gasteiger partial charge >= 0.3 is 0 Å². The van der Waals surface area contributed by atoms with Gasteiger partial charge in [-0.25, -0.2) is 0 Å². The number of nitro benzene ring substituents is 1. The highest BCUT2D eigenvalue weighted by atomic mass is 16.6. The van der Waals surface area contributed by atoms with Gasteiger partial charge in [0.05, 0.1) is 4.92 Å². The normalized spacial score (nSPS) is 10.3. The molecule has 0 saturated carbocycles. The van der Waals surface area contributed by atoms with Crippen molar-refractivity contribution in [2.45, 2.75) is 6.54 Å². The van der Waals surface area contributed by atoms with Gasteiger partial charge in [-0.1, -0.05) is 0 Å². The number of hydrogen-bond acceptors (Lipinski definition) is 5. The third-order valence-corrected chi connectivity index (χ3v) is 3.39. The van der Waals surface area contributed by atoms with Crippen LogP contribution in [0.3, 0.4) is 0 Å². The van der Waals surface area contributed by atoms with Crippen LogP contribution in [0.1, 0.15) is 16.1 Å². The van der Waals surface area contributed by atoms with Crippen LogP contribution in [0, 0.1) is 10.1 Å². The monoisotopic (exact) mass is 323 g/mol. The largest absolute Gasteiger partial charge is 0.451 e. The molecule has 0 radical (unpaired) electrons. The van der Waals surface area contributed by atoms with Crippen LogP contribution in [-0.2, 0) is 6.54 Å². The molecule has 0 fully saturated rings. The Bertz CT molecular complexity index is 857. The highest BCUT2D eigenvalue weighted by Crippen LogP contribution is 2.24. The fraction of sp³-hybridized carbons (Fsp3) is 0.0588. The summed E-state index contributed by atoms with van der Waals surface area (Å²) < 4.78 is 5.53. The number of nitrogens with one attached hydrogen (secondary N) is 1. The number of nitrogens with zero attached hydrogens (tertiary/aromatic N) is 2. The van der Waals surface area contributed by atoms with E-state index in [1.54, 1.807) is 36.7 Å². The lowest BCUT2D eigenvalue weighted by Crippen LogP contribution is -2.22. The Labute approximate surface area is 137 Å². The fourth-order valence-electron chi connectivity index (χ4n) is 2.13. The van der Waals surface area contributed by atoms with Crippen LogP contribution in [0.25, 0.3) is 11.3 Å². The summed E-state index contributed by atoms with van der Waals surface area (Å²) in [6, 6.07) is 12.8.